The zero-order valence-corrected chi connectivity index (χ0v) is 13.2. The molecule has 18 heavy (non-hydrogen) atoms. The van der Waals surface area contributed by atoms with Gasteiger partial charge in [-0.2, -0.15) is 0 Å². The number of nitrogens with one attached hydrogen (secondary N) is 2. The van der Waals surface area contributed by atoms with Gasteiger partial charge in [0.05, 0.1) is 13.1 Å². The van der Waals surface area contributed by atoms with Gasteiger partial charge in [0.2, 0.25) is 0 Å². The van der Waals surface area contributed by atoms with Gasteiger partial charge in [0.15, 0.2) is 5.96 Å². The van der Waals surface area contributed by atoms with E-state index in [4.69, 9.17) is 0 Å². The van der Waals surface area contributed by atoms with Crippen LogP contribution in [0.1, 0.15) is 9.75 Å². The Kier molecular flexibility index (Phi) is 5.22. The molecule has 0 aliphatic rings. The lowest BCUT2D eigenvalue weighted by Crippen LogP contribution is -2.35. The fourth-order valence-corrected chi connectivity index (χ4v) is 3.46. The molecule has 0 saturated heterocycles. The van der Waals surface area contributed by atoms with Crippen molar-refractivity contribution in [3.63, 3.8) is 0 Å². The highest BCUT2D eigenvalue weighted by Crippen LogP contribution is 2.19. The molecular formula is C12H14BrN3S2. The quantitative estimate of drug-likeness (QED) is 0.659. The average Bonchev–Trinajstić information content (AvgIpc) is 3.01. The molecule has 0 bridgehead atoms. The summed E-state index contributed by atoms with van der Waals surface area (Å²) >= 11 is 6.92. The fourth-order valence-electron chi connectivity index (χ4n) is 1.42. The molecule has 3 nitrogen and oxygen atoms in total. The maximum atomic E-state index is 4.20. The van der Waals surface area contributed by atoms with Crippen LogP contribution in [0.4, 0.5) is 0 Å². The van der Waals surface area contributed by atoms with Crippen molar-refractivity contribution in [1.82, 2.24) is 10.6 Å². The second-order valence-electron chi connectivity index (χ2n) is 3.59. The second kappa shape index (κ2) is 6.92. The van der Waals surface area contributed by atoms with Crippen LogP contribution in [-0.2, 0) is 13.1 Å². The topological polar surface area (TPSA) is 36.4 Å². The number of nitrogens with zero attached hydrogens (tertiary/aromatic N) is 1. The molecule has 0 saturated carbocycles. The number of thiophene rings is 2. The highest BCUT2D eigenvalue weighted by Gasteiger charge is 2.01. The fraction of sp³-hybridized carbons (Fsp3) is 0.250. The van der Waals surface area contributed by atoms with E-state index in [1.807, 2.05) is 0 Å². The smallest absolute Gasteiger partial charge is 0.191 e. The van der Waals surface area contributed by atoms with Crippen molar-refractivity contribution in [2.45, 2.75) is 13.1 Å². The Hall–Kier alpha value is -0.850. The highest BCUT2D eigenvalue weighted by molar-refractivity contribution is 9.10. The molecule has 0 spiro atoms. The number of halogens is 1. The summed E-state index contributed by atoms with van der Waals surface area (Å²) in [6, 6.07) is 6.28. The van der Waals surface area contributed by atoms with Crippen molar-refractivity contribution in [2.75, 3.05) is 7.05 Å². The molecule has 2 heterocycles. The zero-order valence-electron chi connectivity index (χ0n) is 9.94. The minimum Gasteiger partial charge on any atom is -0.352 e. The molecule has 2 N–H and O–H groups in total. The van der Waals surface area contributed by atoms with Gasteiger partial charge in [-0.15, -0.1) is 22.7 Å². The molecule has 0 amide bonds. The van der Waals surface area contributed by atoms with Crippen LogP contribution in [-0.4, -0.2) is 13.0 Å². The summed E-state index contributed by atoms with van der Waals surface area (Å²) in [5, 5.41) is 10.7. The van der Waals surface area contributed by atoms with Crippen molar-refractivity contribution < 1.29 is 0 Å². The van der Waals surface area contributed by atoms with Crippen LogP contribution in [0, 0.1) is 0 Å². The van der Waals surface area contributed by atoms with E-state index >= 15 is 0 Å². The van der Waals surface area contributed by atoms with Gasteiger partial charge in [0.25, 0.3) is 0 Å². The number of hydrogen-bond donors (Lipinski definition) is 2. The van der Waals surface area contributed by atoms with Crippen LogP contribution in [0.3, 0.4) is 0 Å². The summed E-state index contributed by atoms with van der Waals surface area (Å²) in [4.78, 5) is 6.78. The third-order valence-electron chi connectivity index (χ3n) is 2.29. The molecule has 2 aromatic rings. The summed E-state index contributed by atoms with van der Waals surface area (Å²) in [5.74, 6) is 0.827. The normalized spacial score (nSPS) is 11.6. The van der Waals surface area contributed by atoms with E-state index in [9.17, 15) is 0 Å². The number of hydrogen-bond acceptors (Lipinski definition) is 3. The molecule has 0 fully saturated rings. The molecule has 0 aromatic carbocycles. The molecular weight excluding hydrogens is 330 g/mol. The van der Waals surface area contributed by atoms with E-state index in [1.54, 1.807) is 29.7 Å². The summed E-state index contributed by atoms with van der Waals surface area (Å²) in [6.45, 7) is 1.60. The average molecular weight is 344 g/mol. The van der Waals surface area contributed by atoms with Gasteiger partial charge in [0.1, 0.15) is 0 Å². The maximum absolute atomic E-state index is 4.20. The molecule has 0 radical (unpaired) electrons. The van der Waals surface area contributed by atoms with Crippen LogP contribution in [0.2, 0.25) is 0 Å². The first-order valence-corrected chi connectivity index (χ1v) is 8.03. The van der Waals surface area contributed by atoms with Crippen LogP contribution < -0.4 is 10.6 Å². The standard InChI is InChI=1S/C12H14BrN3S2/c1-14-12(15-6-10-3-2-4-17-10)16-7-11-5-9(13)8-18-11/h2-5,8H,6-7H2,1H3,(H2,14,15,16). The van der Waals surface area contributed by atoms with Crippen molar-refractivity contribution in [1.29, 1.82) is 0 Å². The summed E-state index contributed by atoms with van der Waals surface area (Å²) in [6.07, 6.45) is 0. The third-order valence-corrected chi connectivity index (χ3v) is 4.86. The summed E-state index contributed by atoms with van der Waals surface area (Å²) in [5.41, 5.74) is 0. The Morgan fingerprint density at radius 3 is 2.61 bits per heavy atom. The minimum atomic E-state index is 0.792. The zero-order chi connectivity index (χ0) is 12.8. The van der Waals surface area contributed by atoms with Gasteiger partial charge in [0, 0.05) is 26.7 Å². The van der Waals surface area contributed by atoms with Gasteiger partial charge >= 0.3 is 0 Å². The van der Waals surface area contributed by atoms with Crippen molar-refractivity contribution in [3.8, 4) is 0 Å². The van der Waals surface area contributed by atoms with E-state index < -0.39 is 0 Å². The molecule has 6 heteroatoms. The Labute approximate surface area is 123 Å². The van der Waals surface area contributed by atoms with E-state index in [2.05, 4.69) is 60.5 Å². The van der Waals surface area contributed by atoms with Crippen LogP contribution in [0.5, 0.6) is 0 Å². The lowest BCUT2D eigenvalue weighted by molar-refractivity contribution is 0.822. The number of aliphatic imine (C=N–C) groups is 1. The van der Waals surface area contributed by atoms with E-state index in [0.29, 0.717) is 0 Å². The predicted molar refractivity (Wildman–Crippen MR) is 83.4 cm³/mol. The maximum Gasteiger partial charge on any atom is 0.191 e. The third kappa shape index (κ3) is 4.12. The lowest BCUT2D eigenvalue weighted by atomic mass is 10.4. The number of rotatable bonds is 4. The first-order chi connectivity index (χ1) is 8.78. The Morgan fingerprint density at radius 1 is 1.28 bits per heavy atom. The molecule has 0 aliphatic carbocycles. The Morgan fingerprint density at radius 2 is 2.06 bits per heavy atom. The van der Waals surface area contributed by atoms with Gasteiger partial charge < -0.3 is 10.6 Å². The predicted octanol–water partition coefficient (Wildman–Crippen LogP) is 3.44. The van der Waals surface area contributed by atoms with Crippen LogP contribution in [0.25, 0.3) is 0 Å². The SMILES string of the molecule is CN=C(NCc1cccs1)NCc1cc(Br)cs1. The monoisotopic (exact) mass is 343 g/mol. The summed E-state index contributed by atoms with van der Waals surface area (Å²) < 4.78 is 1.13. The molecule has 96 valence electrons. The van der Waals surface area contributed by atoms with Gasteiger partial charge in [-0.05, 0) is 33.4 Å². The first kappa shape index (κ1) is 13.6. The van der Waals surface area contributed by atoms with Gasteiger partial charge in [-0.25, -0.2) is 0 Å². The van der Waals surface area contributed by atoms with Gasteiger partial charge in [-0.3, -0.25) is 4.99 Å². The Bertz CT molecular complexity index is 505. The minimum absolute atomic E-state index is 0.792. The largest absolute Gasteiger partial charge is 0.352 e. The molecule has 2 aromatic heterocycles. The van der Waals surface area contributed by atoms with E-state index in [1.165, 1.54) is 9.75 Å². The van der Waals surface area contributed by atoms with Gasteiger partial charge in [-0.1, -0.05) is 6.07 Å². The molecule has 0 unspecified atom stereocenters. The van der Waals surface area contributed by atoms with Crippen molar-refractivity contribution >= 4 is 44.6 Å². The second-order valence-corrected chi connectivity index (χ2v) is 6.53. The van der Waals surface area contributed by atoms with Crippen molar-refractivity contribution in [2.24, 2.45) is 4.99 Å². The molecule has 0 aliphatic heterocycles. The lowest BCUT2D eigenvalue weighted by Gasteiger charge is -2.10. The van der Waals surface area contributed by atoms with E-state index in [0.717, 1.165) is 23.5 Å². The van der Waals surface area contributed by atoms with Crippen LogP contribution in [0.15, 0.2) is 38.4 Å². The van der Waals surface area contributed by atoms with Crippen molar-refractivity contribution in [3.05, 3.63) is 43.2 Å². The van der Waals surface area contributed by atoms with E-state index in [-0.39, 0.29) is 0 Å². The first-order valence-electron chi connectivity index (χ1n) is 5.48. The highest BCUT2D eigenvalue weighted by atomic mass is 79.9. The summed E-state index contributed by atoms with van der Waals surface area (Å²) in [7, 11) is 1.79. The molecule has 2 rings (SSSR count). The van der Waals surface area contributed by atoms with Crippen LogP contribution >= 0.6 is 38.6 Å². The Balaban J connectivity index is 1.79. The molecule has 0 atom stereocenters. The number of guanidine groups is 1.